The topological polar surface area (TPSA) is 77.1 Å². The monoisotopic (exact) mass is 357 g/mol. The summed E-state index contributed by atoms with van der Waals surface area (Å²) in [6.07, 6.45) is 1.76. The van der Waals surface area contributed by atoms with Crippen LogP contribution in [0.15, 0.2) is 57.1 Å². The van der Waals surface area contributed by atoms with Crippen LogP contribution in [0.4, 0.5) is 0 Å². The molecular formula is C18H19N3O3S. The number of benzene rings is 1. The molecule has 130 valence electrons. The van der Waals surface area contributed by atoms with Crippen LogP contribution >= 0.6 is 11.3 Å². The number of thiophene rings is 1. The van der Waals surface area contributed by atoms with Gasteiger partial charge in [0.2, 0.25) is 5.91 Å². The zero-order chi connectivity index (χ0) is 17.6. The van der Waals surface area contributed by atoms with Crippen LogP contribution in [0.5, 0.6) is 0 Å². The molecule has 2 heterocycles. The maximum absolute atomic E-state index is 12.4. The summed E-state index contributed by atoms with van der Waals surface area (Å²) in [5, 5.41) is 8.95. The summed E-state index contributed by atoms with van der Waals surface area (Å²) in [6.45, 7) is 1.90. The van der Waals surface area contributed by atoms with Crippen molar-refractivity contribution in [1.82, 2.24) is 15.1 Å². The van der Waals surface area contributed by atoms with Gasteiger partial charge in [-0.2, -0.15) is 4.68 Å². The van der Waals surface area contributed by atoms with E-state index in [0.29, 0.717) is 0 Å². The summed E-state index contributed by atoms with van der Waals surface area (Å²) in [5.41, 5.74) is 1.05. The fourth-order valence-electron chi connectivity index (χ4n) is 2.58. The Morgan fingerprint density at radius 1 is 1.28 bits per heavy atom. The van der Waals surface area contributed by atoms with E-state index in [1.807, 2.05) is 47.8 Å². The van der Waals surface area contributed by atoms with Gasteiger partial charge in [0, 0.05) is 0 Å². The molecule has 3 aromatic rings. The maximum atomic E-state index is 12.4. The first-order valence-electron chi connectivity index (χ1n) is 8.13. The smallest absolute Gasteiger partial charge is 0.387 e. The molecule has 1 atom stereocenters. The first kappa shape index (κ1) is 17.2. The van der Waals surface area contributed by atoms with Crippen molar-refractivity contribution in [3.8, 4) is 10.8 Å². The highest BCUT2D eigenvalue weighted by Crippen LogP contribution is 2.21. The Labute approximate surface area is 149 Å². The molecule has 0 aliphatic rings. The first-order chi connectivity index (χ1) is 12.2. The van der Waals surface area contributed by atoms with Gasteiger partial charge in [-0.25, -0.2) is 4.79 Å². The van der Waals surface area contributed by atoms with Gasteiger partial charge in [0.15, 0.2) is 0 Å². The second kappa shape index (κ2) is 7.94. The predicted molar refractivity (Wildman–Crippen MR) is 96.3 cm³/mol. The minimum absolute atomic E-state index is 0.0851. The summed E-state index contributed by atoms with van der Waals surface area (Å²) in [7, 11) is 0. The molecule has 0 radical (unpaired) electrons. The summed E-state index contributed by atoms with van der Waals surface area (Å²) in [6, 6.07) is 13.4. The fraction of sp³-hybridized carbons (Fsp3) is 0.278. The quantitative estimate of drug-likeness (QED) is 0.704. The Bertz CT molecular complexity index is 869. The maximum Gasteiger partial charge on any atom is 0.437 e. The normalized spacial score (nSPS) is 12.0. The molecule has 2 aromatic heterocycles. The van der Waals surface area contributed by atoms with Gasteiger partial charge in [0.1, 0.15) is 6.54 Å². The lowest BCUT2D eigenvalue weighted by molar-refractivity contribution is -0.122. The zero-order valence-electron chi connectivity index (χ0n) is 13.8. The zero-order valence-corrected chi connectivity index (χ0v) is 14.7. The van der Waals surface area contributed by atoms with Crippen LogP contribution < -0.4 is 11.1 Å². The van der Waals surface area contributed by atoms with Crippen LogP contribution in [0.25, 0.3) is 10.8 Å². The third kappa shape index (κ3) is 4.24. The number of carbonyl (C=O) groups excluding carboxylic acids is 1. The molecule has 25 heavy (non-hydrogen) atoms. The van der Waals surface area contributed by atoms with E-state index in [1.54, 1.807) is 0 Å². The Balaban J connectivity index is 1.70. The van der Waals surface area contributed by atoms with Crippen molar-refractivity contribution >= 4 is 17.2 Å². The van der Waals surface area contributed by atoms with Crippen molar-refractivity contribution in [3.63, 3.8) is 0 Å². The average molecular weight is 357 g/mol. The van der Waals surface area contributed by atoms with Gasteiger partial charge in [0.05, 0.1) is 10.9 Å². The van der Waals surface area contributed by atoms with Crippen LogP contribution in [-0.2, 0) is 11.3 Å². The Kier molecular flexibility index (Phi) is 5.45. The summed E-state index contributed by atoms with van der Waals surface area (Å²) in [4.78, 5) is 25.0. The van der Waals surface area contributed by atoms with Crippen molar-refractivity contribution < 1.29 is 9.21 Å². The van der Waals surface area contributed by atoms with E-state index >= 15 is 0 Å². The van der Waals surface area contributed by atoms with Gasteiger partial charge in [-0.1, -0.05) is 49.7 Å². The minimum atomic E-state index is -0.634. The van der Waals surface area contributed by atoms with E-state index < -0.39 is 5.76 Å². The van der Waals surface area contributed by atoms with Gasteiger partial charge in [0.25, 0.3) is 5.89 Å². The number of nitrogens with one attached hydrogen (secondary N) is 1. The van der Waals surface area contributed by atoms with Crippen LogP contribution in [0.2, 0.25) is 0 Å². The number of rotatable bonds is 7. The van der Waals surface area contributed by atoms with Crippen LogP contribution in [0, 0.1) is 0 Å². The highest BCUT2D eigenvalue weighted by Gasteiger charge is 2.17. The van der Waals surface area contributed by atoms with Crippen molar-refractivity contribution in [2.45, 2.75) is 32.4 Å². The Hall–Kier alpha value is -2.67. The van der Waals surface area contributed by atoms with Gasteiger partial charge < -0.3 is 9.73 Å². The van der Waals surface area contributed by atoms with E-state index in [-0.39, 0.29) is 24.4 Å². The second-order valence-corrected chi connectivity index (χ2v) is 6.58. The largest absolute Gasteiger partial charge is 0.437 e. The van der Waals surface area contributed by atoms with E-state index in [9.17, 15) is 9.59 Å². The van der Waals surface area contributed by atoms with E-state index in [2.05, 4.69) is 17.3 Å². The molecule has 0 unspecified atom stereocenters. The molecule has 3 rings (SSSR count). The molecule has 1 aromatic carbocycles. The lowest BCUT2D eigenvalue weighted by Crippen LogP contribution is -2.34. The van der Waals surface area contributed by atoms with Crippen molar-refractivity contribution in [3.05, 3.63) is 64.0 Å². The molecule has 0 aliphatic carbocycles. The van der Waals surface area contributed by atoms with Crippen molar-refractivity contribution in [2.24, 2.45) is 0 Å². The van der Waals surface area contributed by atoms with E-state index in [0.717, 1.165) is 28.0 Å². The molecule has 0 aliphatic heterocycles. The Morgan fingerprint density at radius 3 is 2.76 bits per heavy atom. The molecule has 0 spiro atoms. The lowest BCUT2D eigenvalue weighted by Gasteiger charge is -2.18. The highest BCUT2D eigenvalue weighted by molar-refractivity contribution is 7.13. The van der Waals surface area contributed by atoms with E-state index in [1.165, 1.54) is 11.3 Å². The molecule has 1 amide bonds. The number of amides is 1. The molecule has 0 saturated carbocycles. The van der Waals surface area contributed by atoms with Crippen molar-refractivity contribution in [1.29, 1.82) is 0 Å². The number of nitrogens with zero attached hydrogens (tertiary/aromatic N) is 2. The van der Waals surface area contributed by atoms with E-state index in [4.69, 9.17) is 4.42 Å². The number of hydrogen-bond acceptors (Lipinski definition) is 5. The van der Waals surface area contributed by atoms with Crippen molar-refractivity contribution in [2.75, 3.05) is 0 Å². The number of carbonyl (C=O) groups is 1. The van der Waals surface area contributed by atoms with Gasteiger partial charge >= 0.3 is 5.76 Å². The Morgan fingerprint density at radius 2 is 2.08 bits per heavy atom. The predicted octanol–water partition coefficient (Wildman–Crippen LogP) is 3.22. The molecule has 0 fully saturated rings. The second-order valence-electron chi connectivity index (χ2n) is 5.63. The third-order valence-electron chi connectivity index (χ3n) is 3.75. The third-order valence-corrected chi connectivity index (χ3v) is 4.60. The molecule has 7 heteroatoms. The minimum Gasteiger partial charge on any atom is -0.387 e. The number of hydrogen-bond donors (Lipinski definition) is 1. The first-order valence-corrected chi connectivity index (χ1v) is 9.01. The summed E-state index contributed by atoms with van der Waals surface area (Å²) < 4.78 is 6.18. The van der Waals surface area contributed by atoms with Crippen LogP contribution in [0.1, 0.15) is 31.4 Å². The summed E-state index contributed by atoms with van der Waals surface area (Å²) in [5.74, 6) is -0.665. The fourth-order valence-corrected chi connectivity index (χ4v) is 3.22. The summed E-state index contributed by atoms with van der Waals surface area (Å²) >= 11 is 1.42. The standard InChI is InChI=1S/C18H19N3O3S/c1-2-7-14(13-8-4-3-5-9-13)19-16(22)12-21-18(23)24-17(20-21)15-10-6-11-25-15/h3-6,8-11,14H,2,7,12H2,1H3,(H,19,22)/t14-/m0/s1. The van der Waals surface area contributed by atoms with Gasteiger partial charge in [-0.15, -0.1) is 16.4 Å². The molecule has 1 N–H and O–H groups in total. The molecule has 0 saturated heterocycles. The molecular weight excluding hydrogens is 338 g/mol. The number of aromatic nitrogens is 2. The average Bonchev–Trinajstić information content (AvgIpc) is 3.26. The van der Waals surface area contributed by atoms with Crippen LogP contribution in [0.3, 0.4) is 0 Å². The molecule has 6 nitrogen and oxygen atoms in total. The SMILES string of the molecule is CCC[C@H](NC(=O)Cn1nc(-c2cccs2)oc1=O)c1ccccc1. The van der Waals surface area contributed by atoms with Gasteiger partial charge in [-0.05, 0) is 23.4 Å². The highest BCUT2D eigenvalue weighted by atomic mass is 32.1. The van der Waals surface area contributed by atoms with Crippen LogP contribution in [-0.4, -0.2) is 15.7 Å². The molecule has 0 bridgehead atoms. The van der Waals surface area contributed by atoms with Gasteiger partial charge in [-0.3, -0.25) is 4.79 Å². The lowest BCUT2D eigenvalue weighted by atomic mass is 10.0.